The molecule has 5 nitrogen and oxygen atoms in total. The van der Waals surface area contributed by atoms with Gasteiger partial charge in [-0.05, 0) is 38.0 Å². The Bertz CT molecular complexity index is 730. The van der Waals surface area contributed by atoms with E-state index < -0.39 is 10.0 Å². The van der Waals surface area contributed by atoms with Gasteiger partial charge in [0.25, 0.3) is 0 Å². The normalized spacial score (nSPS) is 22.2. The molecule has 2 aliphatic rings. The highest BCUT2D eigenvalue weighted by molar-refractivity contribution is 7.89. The van der Waals surface area contributed by atoms with Crippen LogP contribution in [0.25, 0.3) is 0 Å². The van der Waals surface area contributed by atoms with Gasteiger partial charge in [-0.3, -0.25) is 4.90 Å². The molecule has 0 radical (unpaired) electrons. The standard InChI is InChI=1S/C15H18ClN3O2S/c1-15(4-5-15)18-6-8-19(9-7-18)22(20,21)14-3-2-12(11-17)10-13(14)16/h2-3,10H,4-9H2,1H3. The van der Waals surface area contributed by atoms with E-state index in [0.717, 1.165) is 13.1 Å². The zero-order valence-electron chi connectivity index (χ0n) is 12.4. The number of rotatable bonds is 3. The van der Waals surface area contributed by atoms with Crippen LogP contribution in [0.1, 0.15) is 25.3 Å². The second kappa shape index (κ2) is 5.50. The van der Waals surface area contributed by atoms with Crippen molar-refractivity contribution in [1.29, 1.82) is 5.26 Å². The highest BCUT2D eigenvalue weighted by atomic mass is 35.5. The third kappa shape index (κ3) is 2.74. The minimum absolute atomic E-state index is 0.0826. The van der Waals surface area contributed by atoms with E-state index in [4.69, 9.17) is 16.9 Å². The van der Waals surface area contributed by atoms with E-state index in [0.29, 0.717) is 18.7 Å². The van der Waals surface area contributed by atoms with Gasteiger partial charge in [0.2, 0.25) is 10.0 Å². The van der Waals surface area contributed by atoms with Gasteiger partial charge in [-0.2, -0.15) is 9.57 Å². The quantitative estimate of drug-likeness (QED) is 0.845. The topological polar surface area (TPSA) is 64.4 Å². The summed E-state index contributed by atoms with van der Waals surface area (Å²) in [4.78, 5) is 2.46. The number of halogens is 1. The first-order valence-corrected chi connectivity index (χ1v) is 9.13. The number of piperazine rings is 1. The Labute approximate surface area is 136 Å². The molecule has 0 bridgehead atoms. The van der Waals surface area contributed by atoms with E-state index >= 15 is 0 Å². The largest absolute Gasteiger partial charge is 0.295 e. The van der Waals surface area contributed by atoms with Gasteiger partial charge < -0.3 is 0 Å². The smallest absolute Gasteiger partial charge is 0.244 e. The Morgan fingerprint density at radius 2 is 1.86 bits per heavy atom. The second-order valence-electron chi connectivity index (χ2n) is 6.15. The fraction of sp³-hybridized carbons (Fsp3) is 0.533. The lowest BCUT2D eigenvalue weighted by Gasteiger charge is -2.37. The molecule has 0 atom stereocenters. The van der Waals surface area contributed by atoms with Crippen molar-refractivity contribution in [2.24, 2.45) is 0 Å². The van der Waals surface area contributed by atoms with Crippen molar-refractivity contribution in [2.45, 2.75) is 30.2 Å². The molecule has 1 aromatic rings. The van der Waals surface area contributed by atoms with Crippen LogP contribution in [0.5, 0.6) is 0 Å². The summed E-state index contributed by atoms with van der Waals surface area (Å²) in [5.74, 6) is 0. The summed E-state index contributed by atoms with van der Waals surface area (Å²) >= 11 is 6.06. The van der Waals surface area contributed by atoms with Crippen LogP contribution in [0.15, 0.2) is 23.1 Å². The van der Waals surface area contributed by atoms with Crippen LogP contribution in [0.4, 0.5) is 0 Å². The molecule has 1 saturated carbocycles. The van der Waals surface area contributed by atoms with Crippen molar-refractivity contribution >= 4 is 21.6 Å². The van der Waals surface area contributed by atoms with Crippen LogP contribution in [-0.2, 0) is 10.0 Å². The number of benzene rings is 1. The molecule has 0 aromatic heterocycles. The highest BCUT2D eigenvalue weighted by Gasteiger charge is 2.45. The van der Waals surface area contributed by atoms with Crippen molar-refractivity contribution in [2.75, 3.05) is 26.2 Å². The summed E-state index contributed by atoms with van der Waals surface area (Å²) in [6.45, 7) is 4.70. The molecule has 2 fully saturated rings. The number of nitrogens with zero attached hydrogens (tertiary/aromatic N) is 3. The van der Waals surface area contributed by atoms with Crippen molar-refractivity contribution < 1.29 is 8.42 Å². The van der Waals surface area contributed by atoms with Gasteiger partial charge in [-0.25, -0.2) is 8.42 Å². The predicted octanol–water partition coefficient (Wildman–Crippen LogP) is 2.07. The lowest BCUT2D eigenvalue weighted by Crippen LogP contribution is -2.52. The molecular formula is C15H18ClN3O2S. The van der Waals surface area contributed by atoms with Gasteiger partial charge in [0.05, 0.1) is 16.7 Å². The average Bonchev–Trinajstić information content (AvgIpc) is 3.26. The Morgan fingerprint density at radius 3 is 2.36 bits per heavy atom. The van der Waals surface area contributed by atoms with Crippen LogP contribution in [0.2, 0.25) is 5.02 Å². The van der Waals surface area contributed by atoms with Crippen LogP contribution in [0.3, 0.4) is 0 Å². The van der Waals surface area contributed by atoms with Crippen LogP contribution in [-0.4, -0.2) is 49.3 Å². The molecule has 7 heteroatoms. The molecule has 1 aliphatic carbocycles. The number of hydrogen-bond donors (Lipinski definition) is 0. The summed E-state index contributed by atoms with van der Waals surface area (Å²) in [6, 6.07) is 6.26. The molecule has 0 unspecified atom stereocenters. The maximum Gasteiger partial charge on any atom is 0.244 e. The SMILES string of the molecule is CC1(N2CCN(S(=O)(=O)c3ccc(C#N)cc3Cl)CC2)CC1. The first-order valence-electron chi connectivity index (χ1n) is 7.32. The summed E-state index contributed by atoms with van der Waals surface area (Å²) in [7, 11) is -3.60. The first-order chi connectivity index (χ1) is 10.4. The Morgan fingerprint density at radius 1 is 1.23 bits per heavy atom. The third-order valence-corrected chi connectivity index (χ3v) is 7.04. The lowest BCUT2D eigenvalue weighted by atomic mass is 10.2. The second-order valence-corrected chi connectivity index (χ2v) is 8.46. The molecule has 3 rings (SSSR count). The van der Waals surface area contributed by atoms with Crippen LogP contribution < -0.4 is 0 Å². The summed E-state index contributed by atoms with van der Waals surface area (Å²) in [6.07, 6.45) is 2.39. The van der Waals surface area contributed by atoms with Crippen LogP contribution in [0, 0.1) is 11.3 Å². The van der Waals surface area contributed by atoms with Crippen molar-refractivity contribution in [1.82, 2.24) is 9.21 Å². The minimum Gasteiger partial charge on any atom is -0.295 e. The highest BCUT2D eigenvalue weighted by Crippen LogP contribution is 2.41. The fourth-order valence-electron chi connectivity index (χ4n) is 2.88. The number of sulfonamides is 1. The Hall–Kier alpha value is -1.13. The van der Waals surface area contributed by atoms with E-state index in [2.05, 4.69) is 11.8 Å². The van der Waals surface area contributed by atoms with Crippen LogP contribution >= 0.6 is 11.6 Å². The van der Waals surface area contributed by atoms with Crippen molar-refractivity contribution in [3.05, 3.63) is 28.8 Å². The summed E-state index contributed by atoms with van der Waals surface area (Å²) in [5.41, 5.74) is 0.637. The molecule has 118 valence electrons. The first kappa shape index (κ1) is 15.8. The molecule has 0 amide bonds. The van der Waals surface area contributed by atoms with E-state index in [1.165, 1.54) is 35.3 Å². The van der Waals surface area contributed by atoms with Gasteiger partial charge in [-0.1, -0.05) is 11.6 Å². The molecule has 0 spiro atoms. The van der Waals surface area contributed by atoms with Gasteiger partial charge in [0, 0.05) is 31.7 Å². The molecule has 0 N–H and O–H groups in total. The number of hydrogen-bond acceptors (Lipinski definition) is 4. The molecule has 1 heterocycles. The zero-order valence-corrected chi connectivity index (χ0v) is 14.0. The monoisotopic (exact) mass is 339 g/mol. The fourth-order valence-corrected chi connectivity index (χ4v) is 4.82. The van der Waals surface area contributed by atoms with Gasteiger partial charge in [0.1, 0.15) is 4.90 Å². The Balaban J connectivity index is 1.78. The van der Waals surface area contributed by atoms with Gasteiger partial charge >= 0.3 is 0 Å². The van der Waals surface area contributed by atoms with Gasteiger partial charge in [-0.15, -0.1) is 0 Å². The third-order valence-electron chi connectivity index (χ3n) is 4.65. The molecule has 22 heavy (non-hydrogen) atoms. The van der Waals surface area contributed by atoms with E-state index in [1.807, 2.05) is 6.07 Å². The molecular weight excluding hydrogens is 322 g/mol. The van der Waals surface area contributed by atoms with Crippen molar-refractivity contribution in [3.63, 3.8) is 0 Å². The predicted molar refractivity (Wildman–Crippen MR) is 84.1 cm³/mol. The molecule has 1 aliphatic heterocycles. The Kier molecular flexibility index (Phi) is 3.94. The average molecular weight is 340 g/mol. The van der Waals surface area contributed by atoms with E-state index in [9.17, 15) is 8.42 Å². The summed E-state index contributed by atoms with van der Waals surface area (Å²) in [5, 5.41) is 8.95. The maximum atomic E-state index is 12.7. The molecule has 1 aromatic carbocycles. The molecule has 1 saturated heterocycles. The van der Waals surface area contributed by atoms with Gasteiger partial charge in [0.15, 0.2) is 0 Å². The van der Waals surface area contributed by atoms with E-state index in [-0.39, 0.29) is 15.5 Å². The maximum absolute atomic E-state index is 12.7. The van der Waals surface area contributed by atoms with Crippen molar-refractivity contribution in [3.8, 4) is 6.07 Å². The zero-order chi connectivity index (χ0) is 16.0. The lowest BCUT2D eigenvalue weighted by molar-refractivity contribution is 0.132. The number of nitriles is 1. The minimum atomic E-state index is -3.60. The van der Waals surface area contributed by atoms with E-state index in [1.54, 1.807) is 0 Å². The summed E-state index contributed by atoms with van der Waals surface area (Å²) < 4.78 is 26.9.